The van der Waals surface area contributed by atoms with Crippen LogP contribution in [-0.4, -0.2) is 44.7 Å². The highest BCUT2D eigenvalue weighted by atomic mass is 16.5. The maximum Gasteiger partial charge on any atom is 0.261 e. The molecule has 1 heterocycles. The molecule has 1 amide bonds. The number of nitrogens with two attached hydrogens (primary N) is 1. The fraction of sp³-hybridized carbons (Fsp3) is 0.562. The molecular formula is C16H24N2O3. The van der Waals surface area contributed by atoms with Crippen LogP contribution in [0.2, 0.25) is 0 Å². The molecule has 2 N–H and O–H groups in total. The van der Waals surface area contributed by atoms with Crippen molar-refractivity contribution in [3.05, 3.63) is 23.8 Å². The second-order valence-corrected chi connectivity index (χ2v) is 5.55. The Morgan fingerprint density at radius 2 is 1.95 bits per heavy atom. The fourth-order valence-electron chi connectivity index (χ4n) is 2.86. The fourth-order valence-corrected chi connectivity index (χ4v) is 2.86. The largest absolute Gasteiger partial charge is 0.496 e. The average molecular weight is 292 g/mol. The molecule has 1 saturated heterocycles. The van der Waals surface area contributed by atoms with Crippen molar-refractivity contribution >= 4 is 5.91 Å². The van der Waals surface area contributed by atoms with E-state index in [-0.39, 0.29) is 5.91 Å². The monoisotopic (exact) mass is 292 g/mol. The lowest BCUT2D eigenvalue weighted by Gasteiger charge is -2.36. The van der Waals surface area contributed by atoms with E-state index in [0.717, 1.165) is 13.0 Å². The molecule has 116 valence electrons. The van der Waals surface area contributed by atoms with Crippen molar-refractivity contribution in [1.82, 2.24) is 4.90 Å². The number of hydrogen-bond donors (Lipinski definition) is 1. The predicted molar refractivity (Wildman–Crippen MR) is 81.8 cm³/mol. The Bertz CT molecular complexity index is 482. The first-order valence-electron chi connectivity index (χ1n) is 7.32. The van der Waals surface area contributed by atoms with Gasteiger partial charge >= 0.3 is 0 Å². The third-order valence-corrected chi connectivity index (χ3v) is 4.35. The van der Waals surface area contributed by atoms with E-state index in [4.69, 9.17) is 15.2 Å². The van der Waals surface area contributed by atoms with Gasteiger partial charge in [0, 0.05) is 13.1 Å². The molecule has 0 radical (unpaired) electrons. The van der Waals surface area contributed by atoms with E-state index in [0.29, 0.717) is 42.0 Å². The van der Waals surface area contributed by atoms with Gasteiger partial charge in [-0.05, 0) is 36.9 Å². The molecule has 1 aliphatic rings. The molecule has 0 aliphatic carbocycles. The van der Waals surface area contributed by atoms with Crippen LogP contribution in [0.1, 0.15) is 23.7 Å². The number of nitrogens with zero attached hydrogens (tertiary/aromatic N) is 1. The van der Waals surface area contributed by atoms with Crippen molar-refractivity contribution in [2.75, 3.05) is 33.9 Å². The highest BCUT2D eigenvalue weighted by molar-refractivity contribution is 5.99. The maximum atomic E-state index is 12.9. The van der Waals surface area contributed by atoms with E-state index in [2.05, 4.69) is 6.92 Å². The van der Waals surface area contributed by atoms with E-state index in [1.807, 2.05) is 11.0 Å². The van der Waals surface area contributed by atoms with Crippen LogP contribution in [0, 0.1) is 11.8 Å². The molecule has 5 nitrogen and oxygen atoms in total. The van der Waals surface area contributed by atoms with Gasteiger partial charge < -0.3 is 20.1 Å². The smallest absolute Gasteiger partial charge is 0.261 e. The number of methoxy groups -OCH3 is 2. The molecule has 0 aromatic heterocycles. The summed E-state index contributed by atoms with van der Waals surface area (Å²) in [4.78, 5) is 14.7. The molecule has 1 aromatic rings. The van der Waals surface area contributed by atoms with E-state index in [1.165, 1.54) is 0 Å². The summed E-state index contributed by atoms with van der Waals surface area (Å²) in [6.45, 7) is 4.24. The Morgan fingerprint density at radius 3 is 2.48 bits per heavy atom. The maximum absolute atomic E-state index is 12.9. The standard InChI is InChI=1S/C16H24N2O3/c1-11-7-8-18(10-12(11)9-17)16(19)15-13(20-2)5-4-6-14(15)21-3/h4-6,11-12H,7-10,17H2,1-3H3. The number of hydrogen-bond acceptors (Lipinski definition) is 4. The number of amides is 1. The number of piperidine rings is 1. The summed E-state index contributed by atoms with van der Waals surface area (Å²) in [5, 5.41) is 0. The van der Waals surface area contributed by atoms with Gasteiger partial charge in [-0.3, -0.25) is 4.79 Å². The Balaban J connectivity index is 2.28. The van der Waals surface area contributed by atoms with Gasteiger partial charge in [0.1, 0.15) is 17.1 Å². The van der Waals surface area contributed by atoms with Crippen LogP contribution >= 0.6 is 0 Å². The summed E-state index contributed by atoms with van der Waals surface area (Å²) in [6, 6.07) is 5.38. The molecule has 0 spiro atoms. The SMILES string of the molecule is COc1cccc(OC)c1C(=O)N1CCC(C)C(CN)C1. The van der Waals surface area contributed by atoms with Gasteiger partial charge in [-0.25, -0.2) is 0 Å². The minimum atomic E-state index is -0.0466. The number of benzene rings is 1. The Kier molecular flexibility index (Phi) is 5.07. The topological polar surface area (TPSA) is 64.8 Å². The van der Waals surface area contributed by atoms with Gasteiger partial charge in [0.15, 0.2) is 0 Å². The average Bonchev–Trinajstić information content (AvgIpc) is 2.53. The summed E-state index contributed by atoms with van der Waals surface area (Å²) in [5.41, 5.74) is 6.31. The Labute approximate surface area is 126 Å². The number of ether oxygens (including phenoxy) is 2. The minimum Gasteiger partial charge on any atom is -0.496 e. The van der Waals surface area contributed by atoms with Crippen LogP contribution in [0.15, 0.2) is 18.2 Å². The second-order valence-electron chi connectivity index (χ2n) is 5.55. The van der Waals surface area contributed by atoms with Crippen molar-refractivity contribution in [2.24, 2.45) is 17.6 Å². The molecular weight excluding hydrogens is 268 g/mol. The normalized spacial score (nSPS) is 22.0. The van der Waals surface area contributed by atoms with Crippen molar-refractivity contribution < 1.29 is 14.3 Å². The van der Waals surface area contributed by atoms with Gasteiger partial charge in [-0.1, -0.05) is 13.0 Å². The summed E-state index contributed by atoms with van der Waals surface area (Å²) >= 11 is 0. The first-order chi connectivity index (χ1) is 10.1. The lowest BCUT2D eigenvalue weighted by molar-refractivity contribution is 0.0612. The van der Waals surface area contributed by atoms with Crippen LogP contribution in [0.5, 0.6) is 11.5 Å². The third kappa shape index (κ3) is 3.13. The summed E-state index contributed by atoms with van der Waals surface area (Å²) in [7, 11) is 3.12. The van der Waals surface area contributed by atoms with Crippen LogP contribution in [-0.2, 0) is 0 Å². The first kappa shape index (κ1) is 15.6. The molecule has 5 heteroatoms. The zero-order valence-electron chi connectivity index (χ0n) is 13.0. The molecule has 0 bridgehead atoms. The Hall–Kier alpha value is -1.75. The minimum absolute atomic E-state index is 0.0466. The summed E-state index contributed by atoms with van der Waals surface area (Å²) in [5.74, 6) is 1.95. The molecule has 21 heavy (non-hydrogen) atoms. The van der Waals surface area contributed by atoms with Crippen molar-refractivity contribution in [2.45, 2.75) is 13.3 Å². The lowest BCUT2D eigenvalue weighted by Crippen LogP contribution is -2.45. The Morgan fingerprint density at radius 1 is 1.33 bits per heavy atom. The number of carbonyl (C=O) groups is 1. The molecule has 2 unspecified atom stereocenters. The number of likely N-dealkylation sites (tertiary alicyclic amines) is 1. The second kappa shape index (κ2) is 6.80. The predicted octanol–water partition coefficient (Wildman–Crippen LogP) is 1.76. The zero-order chi connectivity index (χ0) is 15.4. The van der Waals surface area contributed by atoms with Gasteiger partial charge in [-0.2, -0.15) is 0 Å². The van der Waals surface area contributed by atoms with Crippen LogP contribution < -0.4 is 15.2 Å². The van der Waals surface area contributed by atoms with Crippen molar-refractivity contribution in [1.29, 1.82) is 0 Å². The summed E-state index contributed by atoms with van der Waals surface area (Å²) in [6.07, 6.45) is 0.977. The molecule has 2 rings (SSSR count). The van der Waals surface area contributed by atoms with Crippen LogP contribution in [0.4, 0.5) is 0 Å². The van der Waals surface area contributed by atoms with Crippen LogP contribution in [0.25, 0.3) is 0 Å². The van der Waals surface area contributed by atoms with E-state index in [9.17, 15) is 4.79 Å². The van der Waals surface area contributed by atoms with Crippen molar-refractivity contribution in [3.8, 4) is 11.5 Å². The van der Waals surface area contributed by atoms with Gasteiger partial charge in [-0.15, -0.1) is 0 Å². The van der Waals surface area contributed by atoms with Gasteiger partial charge in [0.25, 0.3) is 5.91 Å². The highest BCUT2D eigenvalue weighted by Gasteiger charge is 2.31. The lowest BCUT2D eigenvalue weighted by atomic mass is 9.87. The number of carbonyl (C=O) groups excluding carboxylic acids is 1. The highest BCUT2D eigenvalue weighted by Crippen LogP contribution is 2.31. The molecule has 1 aromatic carbocycles. The molecule has 1 fully saturated rings. The molecule has 0 saturated carbocycles. The third-order valence-electron chi connectivity index (χ3n) is 4.35. The first-order valence-corrected chi connectivity index (χ1v) is 7.32. The number of rotatable bonds is 4. The van der Waals surface area contributed by atoms with Gasteiger partial charge in [0.2, 0.25) is 0 Å². The van der Waals surface area contributed by atoms with E-state index >= 15 is 0 Å². The molecule has 1 aliphatic heterocycles. The summed E-state index contributed by atoms with van der Waals surface area (Å²) < 4.78 is 10.6. The molecule has 2 atom stereocenters. The van der Waals surface area contributed by atoms with E-state index in [1.54, 1.807) is 26.4 Å². The van der Waals surface area contributed by atoms with E-state index < -0.39 is 0 Å². The van der Waals surface area contributed by atoms with Gasteiger partial charge in [0.05, 0.1) is 14.2 Å². The quantitative estimate of drug-likeness (QED) is 0.918. The van der Waals surface area contributed by atoms with Crippen LogP contribution in [0.3, 0.4) is 0 Å². The zero-order valence-corrected chi connectivity index (χ0v) is 13.0. The van der Waals surface area contributed by atoms with Crippen molar-refractivity contribution in [3.63, 3.8) is 0 Å².